The molecule has 26 heavy (non-hydrogen) atoms. The third kappa shape index (κ3) is 10.4. The van der Waals surface area contributed by atoms with Crippen molar-refractivity contribution >= 4 is 22.1 Å². The first-order chi connectivity index (χ1) is 12.4. The van der Waals surface area contributed by atoms with Gasteiger partial charge in [-0.1, -0.05) is 24.3 Å². The number of carbonyl (C=O) groups is 1. The summed E-state index contributed by atoms with van der Waals surface area (Å²) in [6.07, 6.45) is 4.06. The fraction of sp³-hybridized carbons (Fsp3) is 0.333. The van der Waals surface area contributed by atoms with Crippen molar-refractivity contribution in [2.75, 3.05) is 33.1 Å². The van der Waals surface area contributed by atoms with Crippen LogP contribution < -0.4 is 9.46 Å². The smallest absolute Gasteiger partial charge is 0.237 e. The minimum Gasteiger partial charge on any atom is -0.496 e. The van der Waals surface area contributed by atoms with Gasteiger partial charge in [-0.15, -0.1) is 13.2 Å². The van der Waals surface area contributed by atoms with Crippen LogP contribution in [0.15, 0.2) is 54.6 Å². The molecule has 0 fully saturated rings. The van der Waals surface area contributed by atoms with Gasteiger partial charge in [0.25, 0.3) is 0 Å². The molecule has 1 N–H and O–H groups in total. The zero-order chi connectivity index (χ0) is 19.8. The molecule has 0 spiro atoms. The Morgan fingerprint density at radius 1 is 1.23 bits per heavy atom. The van der Waals surface area contributed by atoms with Crippen LogP contribution in [0, 0.1) is 0 Å². The molecule has 0 aliphatic rings. The third-order valence-corrected chi connectivity index (χ3v) is 4.03. The average molecular weight is 382 g/mol. The molecule has 1 aromatic rings. The van der Waals surface area contributed by atoms with Gasteiger partial charge in [0.15, 0.2) is 6.29 Å². The van der Waals surface area contributed by atoms with Crippen molar-refractivity contribution in [2.45, 2.75) is 6.42 Å². The molecule has 1 rings (SSSR count). The van der Waals surface area contributed by atoms with Gasteiger partial charge in [0.2, 0.25) is 10.0 Å². The van der Waals surface area contributed by atoms with Crippen molar-refractivity contribution in [1.29, 1.82) is 0 Å². The molecule has 0 atom stereocenters. The summed E-state index contributed by atoms with van der Waals surface area (Å²) in [5.74, 6) is 0.861. The van der Waals surface area contributed by atoms with Crippen LogP contribution in [0.1, 0.15) is 16.8 Å². The lowest BCUT2D eigenvalue weighted by Gasteiger charge is -2.07. The summed E-state index contributed by atoms with van der Waals surface area (Å²) in [5, 5.41) is 0. The zero-order valence-electron chi connectivity index (χ0n) is 15.2. The largest absolute Gasteiger partial charge is 0.496 e. The van der Waals surface area contributed by atoms with E-state index < -0.39 is 10.0 Å². The molecule has 1 aromatic carbocycles. The highest BCUT2D eigenvalue weighted by atomic mass is 32.2. The van der Waals surface area contributed by atoms with Crippen molar-refractivity contribution in [3.8, 4) is 5.75 Å². The number of aldehydes is 1. The number of nitrogens with zero attached hydrogens (tertiary/aromatic N) is 1. The SMILES string of the molecule is C=CCC(=NCCOC)NS(=O)(=O)CC=C.COc1ccccc1C=O. The second-order valence-electron chi connectivity index (χ2n) is 4.85. The first-order valence-electron chi connectivity index (χ1n) is 7.76. The molecule has 0 heterocycles. The minimum absolute atomic E-state index is 0.132. The van der Waals surface area contributed by atoms with Crippen molar-refractivity contribution in [2.24, 2.45) is 4.99 Å². The number of carbonyl (C=O) groups excluding carboxylic acids is 1. The molecular formula is C18H26N2O5S. The maximum atomic E-state index is 11.4. The van der Waals surface area contributed by atoms with Gasteiger partial charge in [-0.05, 0) is 12.1 Å². The van der Waals surface area contributed by atoms with Gasteiger partial charge >= 0.3 is 0 Å². The molecule has 0 aliphatic carbocycles. The van der Waals surface area contributed by atoms with Gasteiger partial charge in [0.05, 0.1) is 31.6 Å². The number of benzene rings is 1. The lowest BCUT2D eigenvalue weighted by atomic mass is 10.2. The number of ether oxygens (including phenoxy) is 2. The Kier molecular flexibility index (Phi) is 12.5. The van der Waals surface area contributed by atoms with E-state index in [4.69, 9.17) is 9.47 Å². The Labute approximate surface area is 155 Å². The monoisotopic (exact) mass is 382 g/mol. The highest BCUT2D eigenvalue weighted by Gasteiger charge is 2.09. The first-order valence-corrected chi connectivity index (χ1v) is 9.42. The van der Waals surface area contributed by atoms with Crippen LogP contribution in [0.4, 0.5) is 0 Å². The number of para-hydroxylation sites is 1. The van der Waals surface area contributed by atoms with E-state index in [1.165, 1.54) is 6.08 Å². The molecule has 0 saturated heterocycles. The molecule has 144 valence electrons. The van der Waals surface area contributed by atoms with Crippen LogP contribution in [-0.2, 0) is 14.8 Å². The predicted molar refractivity (Wildman–Crippen MR) is 104 cm³/mol. The van der Waals surface area contributed by atoms with E-state index in [-0.39, 0.29) is 5.75 Å². The Bertz CT molecular complexity index is 699. The van der Waals surface area contributed by atoms with Crippen molar-refractivity contribution in [1.82, 2.24) is 4.72 Å². The lowest BCUT2D eigenvalue weighted by molar-refractivity contribution is 0.112. The number of nitrogens with one attached hydrogen (secondary N) is 1. The summed E-state index contributed by atoms with van der Waals surface area (Å²) < 4.78 is 34.9. The molecule has 0 bridgehead atoms. The van der Waals surface area contributed by atoms with Crippen LogP contribution in [0.25, 0.3) is 0 Å². The van der Waals surface area contributed by atoms with Crippen LogP contribution >= 0.6 is 0 Å². The summed E-state index contributed by atoms with van der Waals surface area (Å²) >= 11 is 0. The summed E-state index contributed by atoms with van der Waals surface area (Å²) in [5.41, 5.74) is 0.588. The molecule has 0 unspecified atom stereocenters. The van der Waals surface area contributed by atoms with E-state index in [9.17, 15) is 13.2 Å². The van der Waals surface area contributed by atoms with Crippen LogP contribution in [0.3, 0.4) is 0 Å². The van der Waals surface area contributed by atoms with Crippen LogP contribution in [0.5, 0.6) is 5.75 Å². The van der Waals surface area contributed by atoms with Gasteiger partial charge in [-0.2, -0.15) is 0 Å². The summed E-state index contributed by atoms with van der Waals surface area (Å²) in [7, 11) is -0.274. The summed E-state index contributed by atoms with van der Waals surface area (Å²) in [6.45, 7) is 7.77. The predicted octanol–water partition coefficient (Wildman–Crippen LogP) is 2.22. The second-order valence-corrected chi connectivity index (χ2v) is 6.61. The number of methoxy groups -OCH3 is 2. The Balaban J connectivity index is 0.000000531. The van der Waals surface area contributed by atoms with Gasteiger partial charge in [0, 0.05) is 13.5 Å². The number of aliphatic imine (C=N–C) groups is 1. The molecule has 0 radical (unpaired) electrons. The standard InChI is InChI=1S/C10H18N2O3S.C8H8O2/c1-4-6-10(11-7-8-15-3)12-16(13,14)9-5-2;1-10-8-5-3-2-4-7(8)6-9/h4-5H,1-2,6-9H2,3H3,(H,11,12);2-6H,1H3. The maximum Gasteiger partial charge on any atom is 0.237 e. The normalized spacial score (nSPS) is 10.9. The third-order valence-electron chi connectivity index (χ3n) is 2.81. The Morgan fingerprint density at radius 2 is 1.92 bits per heavy atom. The molecular weight excluding hydrogens is 356 g/mol. The van der Waals surface area contributed by atoms with E-state index in [0.717, 1.165) is 6.29 Å². The molecule has 0 aliphatic heterocycles. The molecule has 0 aromatic heterocycles. The molecule has 0 saturated carbocycles. The van der Waals surface area contributed by atoms with E-state index in [2.05, 4.69) is 22.9 Å². The highest BCUT2D eigenvalue weighted by molar-refractivity contribution is 7.90. The Hall–Kier alpha value is -2.45. The fourth-order valence-electron chi connectivity index (χ4n) is 1.69. The summed E-state index contributed by atoms with van der Waals surface area (Å²) in [6, 6.07) is 7.09. The Morgan fingerprint density at radius 3 is 2.42 bits per heavy atom. The number of hydrogen-bond acceptors (Lipinski definition) is 6. The van der Waals surface area contributed by atoms with Gasteiger partial charge < -0.3 is 9.47 Å². The van der Waals surface area contributed by atoms with Crippen molar-refractivity contribution < 1.29 is 22.7 Å². The average Bonchev–Trinajstić information content (AvgIpc) is 2.62. The summed E-state index contributed by atoms with van der Waals surface area (Å²) in [4.78, 5) is 14.4. The maximum absolute atomic E-state index is 11.4. The zero-order valence-corrected chi connectivity index (χ0v) is 16.0. The van der Waals surface area contributed by atoms with Crippen molar-refractivity contribution in [3.63, 3.8) is 0 Å². The van der Waals surface area contributed by atoms with Crippen LogP contribution in [0.2, 0.25) is 0 Å². The minimum atomic E-state index is -3.38. The van der Waals surface area contributed by atoms with E-state index in [0.29, 0.717) is 36.7 Å². The number of amidine groups is 1. The molecule has 8 heteroatoms. The number of hydrogen-bond donors (Lipinski definition) is 1. The van der Waals surface area contributed by atoms with E-state index in [1.807, 2.05) is 6.07 Å². The quantitative estimate of drug-likeness (QED) is 0.220. The highest BCUT2D eigenvalue weighted by Crippen LogP contribution is 2.13. The molecule has 0 amide bonds. The van der Waals surface area contributed by atoms with Crippen molar-refractivity contribution in [3.05, 3.63) is 55.1 Å². The number of sulfonamides is 1. The number of rotatable bonds is 10. The van der Waals surface area contributed by atoms with Gasteiger partial charge in [-0.3, -0.25) is 14.5 Å². The topological polar surface area (TPSA) is 94.1 Å². The van der Waals surface area contributed by atoms with E-state index >= 15 is 0 Å². The van der Waals surface area contributed by atoms with Crippen LogP contribution in [-0.4, -0.2) is 53.7 Å². The second kappa shape index (κ2) is 13.8. The van der Waals surface area contributed by atoms with Gasteiger partial charge in [-0.25, -0.2) is 8.42 Å². The van der Waals surface area contributed by atoms with E-state index in [1.54, 1.807) is 38.5 Å². The first kappa shape index (κ1) is 23.5. The molecule has 7 nitrogen and oxygen atoms in total. The van der Waals surface area contributed by atoms with Gasteiger partial charge in [0.1, 0.15) is 11.6 Å². The lowest BCUT2D eigenvalue weighted by Crippen LogP contribution is -2.32. The fourth-order valence-corrected chi connectivity index (χ4v) is 2.59.